The number of carbonyl (C=O) groups is 2. The van der Waals surface area contributed by atoms with E-state index in [2.05, 4.69) is 12.2 Å². The highest BCUT2D eigenvalue weighted by Crippen LogP contribution is 2.61. The highest BCUT2D eigenvalue weighted by atomic mass is 16.6. The number of benzene rings is 1. The quantitative estimate of drug-likeness (QED) is 0.369. The van der Waals surface area contributed by atoms with Crippen molar-refractivity contribution in [1.82, 2.24) is 5.32 Å². The lowest BCUT2D eigenvalue weighted by molar-refractivity contribution is -0.384. The standard InChI is InChI=1S/C25H33N3O6/c1-16(25-12-17-8-18(13-25)10-19(9-17)14-25)26-23(29)15-34-24(30)21-11-20(28(31)32)2-3-22(21)27-4-6-33-7-5-27/h2-3,11,16-19H,4-10,12-15H2,1H3,(H,26,29). The third-order valence-corrected chi connectivity index (χ3v) is 8.48. The summed E-state index contributed by atoms with van der Waals surface area (Å²) in [6.07, 6.45) is 7.55. The molecule has 1 aromatic rings. The van der Waals surface area contributed by atoms with Gasteiger partial charge >= 0.3 is 5.97 Å². The number of nitrogens with one attached hydrogen (secondary N) is 1. The second kappa shape index (κ2) is 9.17. The molecule has 1 atom stereocenters. The molecule has 9 nitrogen and oxygen atoms in total. The first-order valence-corrected chi connectivity index (χ1v) is 12.4. The molecule has 9 heteroatoms. The van der Waals surface area contributed by atoms with Gasteiger partial charge in [-0.05, 0) is 74.7 Å². The molecule has 34 heavy (non-hydrogen) atoms. The van der Waals surface area contributed by atoms with E-state index >= 15 is 0 Å². The lowest BCUT2D eigenvalue weighted by Crippen LogP contribution is -2.56. The highest BCUT2D eigenvalue weighted by Gasteiger charge is 2.53. The van der Waals surface area contributed by atoms with E-state index in [4.69, 9.17) is 9.47 Å². The molecular weight excluding hydrogens is 438 g/mol. The monoisotopic (exact) mass is 471 g/mol. The Labute approximate surface area is 199 Å². The van der Waals surface area contributed by atoms with Crippen molar-refractivity contribution in [3.8, 4) is 0 Å². The van der Waals surface area contributed by atoms with Crippen molar-refractivity contribution in [3.05, 3.63) is 33.9 Å². The maximum Gasteiger partial charge on any atom is 0.341 e. The van der Waals surface area contributed by atoms with E-state index < -0.39 is 17.5 Å². The molecule has 1 amide bonds. The number of nitro benzene ring substituents is 1. The number of non-ortho nitro benzene ring substituents is 1. The van der Waals surface area contributed by atoms with E-state index in [1.165, 1.54) is 50.7 Å². The fourth-order valence-electron chi connectivity index (χ4n) is 7.23. The van der Waals surface area contributed by atoms with Gasteiger partial charge in [0, 0.05) is 31.3 Å². The third kappa shape index (κ3) is 4.50. The summed E-state index contributed by atoms with van der Waals surface area (Å²) in [5.74, 6) is 1.31. The number of nitro groups is 1. The van der Waals surface area contributed by atoms with Crippen LogP contribution in [0.5, 0.6) is 0 Å². The average molecular weight is 472 g/mol. The minimum absolute atomic E-state index is 0.0359. The number of carbonyl (C=O) groups excluding carboxylic acids is 2. The minimum Gasteiger partial charge on any atom is -0.452 e. The Morgan fingerprint density at radius 1 is 1.18 bits per heavy atom. The lowest BCUT2D eigenvalue weighted by atomic mass is 9.48. The molecule has 0 aromatic heterocycles. The van der Waals surface area contributed by atoms with Gasteiger partial charge in [-0.1, -0.05) is 0 Å². The maximum absolute atomic E-state index is 12.9. The van der Waals surface area contributed by atoms with Gasteiger partial charge in [0.2, 0.25) is 0 Å². The van der Waals surface area contributed by atoms with Crippen LogP contribution in [0.25, 0.3) is 0 Å². The Morgan fingerprint density at radius 3 is 2.38 bits per heavy atom. The molecule has 0 radical (unpaired) electrons. The first-order valence-electron chi connectivity index (χ1n) is 12.4. The van der Waals surface area contributed by atoms with E-state index in [-0.39, 0.29) is 28.6 Å². The van der Waals surface area contributed by atoms with Gasteiger partial charge in [-0.25, -0.2) is 4.79 Å². The zero-order valence-electron chi connectivity index (χ0n) is 19.7. The number of nitrogens with zero attached hydrogens (tertiary/aromatic N) is 2. The van der Waals surface area contributed by atoms with Crippen molar-refractivity contribution in [2.45, 2.75) is 51.5 Å². The molecule has 1 N–H and O–H groups in total. The number of morpholine rings is 1. The molecular formula is C25H33N3O6. The summed E-state index contributed by atoms with van der Waals surface area (Å²) in [5, 5.41) is 14.4. The second-order valence-electron chi connectivity index (χ2n) is 10.7. The van der Waals surface area contributed by atoms with Gasteiger partial charge in [0.1, 0.15) is 0 Å². The number of ether oxygens (including phenoxy) is 2. The van der Waals surface area contributed by atoms with Crippen LogP contribution in [0.15, 0.2) is 18.2 Å². The Balaban J connectivity index is 1.23. The number of amides is 1. The van der Waals surface area contributed by atoms with Crippen LogP contribution in [-0.4, -0.2) is 55.8 Å². The van der Waals surface area contributed by atoms with Gasteiger partial charge in [0.25, 0.3) is 11.6 Å². The summed E-state index contributed by atoms with van der Waals surface area (Å²) in [5.41, 5.74) is 0.626. The Hall–Kier alpha value is -2.68. The van der Waals surface area contributed by atoms with E-state index in [9.17, 15) is 19.7 Å². The first-order chi connectivity index (χ1) is 16.3. The summed E-state index contributed by atoms with van der Waals surface area (Å²) in [6, 6.07) is 4.20. The van der Waals surface area contributed by atoms with Crippen molar-refractivity contribution < 1.29 is 24.0 Å². The van der Waals surface area contributed by atoms with E-state index in [1.807, 2.05) is 4.90 Å². The molecule has 1 aliphatic heterocycles. The van der Waals surface area contributed by atoms with E-state index in [1.54, 1.807) is 6.07 Å². The van der Waals surface area contributed by atoms with Crippen LogP contribution in [-0.2, 0) is 14.3 Å². The van der Waals surface area contributed by atoms with Crippen molar-refractivity contribution in [3.63, 3.8) is 0 Å². The van der Waals surface area contributed by atoms with Gasteiger partial charge < -0.3 is 19.7 Å². The molecule has 1 aromatic carbocycles. The zero-order chi connectivity index (χ0) is 23.9. The summed E-state index contributed by atoms with van der Waals surface area (Å²) in [4.78, 5) is 38.3. The Kier molecular flexibility index (Phi) is 6.22. The molecule has 184 valence electrons. The maximum atomic E-state index is 12.9. The zero-order valence-corrected chi connectivity index (χ0v) is 19.7. The van der Waals surface area contributed by atoms with E-state index in [0.29, 0.717) is 32.0 Å². The van der Waals surface area contributed by atoms with Crippen molar-refractivity contribution >= 4 is 23.3 Å². The number of hydrogen-bond donors (Lipinski definition) is 1. The fraction of sp³-hybridized carbons (Fsp3) is 0.680. The average Bonchev–Trinajstić information content (AvgIpc) is 2.82. The van der Waals surface area contributed by atoms with Gasteiger partial charge in [-0.3, -0.25) is 14.9 Å². The molecule has 4 saturated carbocycles. The molecule has 1 heterocycles. The summed E-state index contributed by atoms with van der Waals surface area (Å²) >= 11 is 0. The molecule has 4 aliphatic carbocycles. The van der Waals surface area contributed by atoms with Crippen molar-refractivity contribution in [2.75, 3.05) is 37.8 Å². The Morgan fingerprint density at radius 2 is 1.79 bits per heavy atom. The lowest BCUT2D eigenvalue weighted by Gasteiger charge is -2.59. The number of rotatable bonds is 7. The third-order valence-electron chi connectivity index (χ3n) is 8.48. The van der Waals surface area contributed by atoms with Gasteiger partial charge in [-0.2, -0.15) is 0 Å². The van der Waals surface area contributed by atoms with Crippen molar-refractivity contribution in [2.24, 2.45) is 23.2 Å². The molecule has 4 bridgehead atoms. The molecule has 1 unspecified atom stereocenters. The second-order valence-corrected chi connectivity index (χ2v) is 10.7. The summed E-state index contributed by atoms with van der Waals surface area (Å²) < 4.78 is 10.7. The first kappa shape index (κ1) is 23.1. The van der Waals surface area contributed by atoms with Gasteiger partial charge in [-0.15, -0.1) is 0 Å². The number of hydrogen-bond acceptors (Lipinski definition) is 7. The van der Waals surface area contributed by atoms with Crippen LogP contribution in [0.1, 0.15) is 55.8 Å². The van der Waals surface area contributed by atoms with Crippen LogP contribution in [0.4, 0.5) is 11.4 Å². The summed E-state index contributed by atoms with van der Waals surface area (Å²) in [7, 11) is 0. The number of anilines is 1. The minimum atomic E-state index is -0.734. The predicted octanol–water partition coefficient (Wildman–Crippen LogP) is 3.31. The largest absolute Gasteiger partial charge is 0.452 e. The Bertz CT molecular complexity index is 938. The van der Waals surface area contributed by atoms with Gasteiger partial charge in [0.05, 0.1) is 29.4 Å². The van der Waals surface area contributed by atoms with Gasteiger partial charge in [0.15, 0.2) is 6.61 Å². The van der Waals surface area contributed by atoms with E-state index in [0.717, 1.165) is 17.8 Å². The molecule has 1 saturated heterocycles. The molecule has 5 fully saturated rings. The topological polar surface area (TPSA) is 111 Å². The van der Waals surface area contributed by atoms with Crippen LogP contribution in [0.2, 0.25) is 0 Å². The van der Waals surface area contributed by atoms with Crippen LogP contribution in [0.3, 0.4) is 0 Å². The molecule has 5 aliphatic rings. The normalized spacial score (nSPS) is 30.6. The smallest absolute Gasteiger partial charge is 0.341 e. The van der Waals surface area contributed by atoms with Crippen LogP contribution < -0.4 is 10.2 Å². The predicted molar refractivity (Wildman–Crippen MR) is 125 cm³/mol. The summed E-state index contributed by atoms with van der Waals surface area (Å²) in [6.45, 7) is 3.85. The SMILES string of the molecule is CC(NC(=O)COC(=O)c1cc([N+](=O)[O-])ccc1N1CCOCC1)C12CC3CC(CC(C3)C1)C2. The number of esters is 1. The fourth-order valence-corrected chi connectivity index (χ4v) is 7.23. The van der Waals surface area contributed by atoms with Crippen LogP contribution in [0, 0.1) is 33.3 Å². The highest BCUT2D eigenvalue weighted by molar-refractivity contribution is 5.97. The van der Waals surface area contributed by atoms with Crippen molar-refractivity contribution in [1.29, 1.82) is 0 Å². The van der Waals surface area contributed by atoms with Crippen LogP contribution >= 0.6 is 0 Å². The molecule has 0 spiro atoms. The molecule has 6 rings (SSSR count).